The smallest absolute Gasteiger partial charge is 0.0294 e. The van der Waals surface area contributed by atoms with E-state index >= 15 is 0 Å². The average molecular weight is 178 g/mol. The minimum absolute atomic E-state index is 0.178. The summed E-state index contributed by atoms with van der Waals surface area (Å²) in [4.78, 5) is 0. The Labute approximate surface area is 79.9 Å². The van der Waals surface area contributed by atoms with Gasteiger partial charge in [-0.05, 0) is 17.5 Å². The van der Waals surface area contributed by atoms with Crippen LogP contribution in [-0.2, 0) is 6.54 Å². The summed E-state index contributed by atoms with van der Waals surface area (Å²) in [5, 5.41) is 0. The van der Waals surface area contributed by atoms with E-state index in [1.54, 1.807) is 0 Å². The Hall–Kier alpha value is -0.860. The number of hydrogen-bond donors (Lipinski definition) is 2. The topological polar surface area (TPSA) is 52.0 Å². The second-order valence-corrected chi connectivity index (χ2v) is 3.34. The molecule has 0 saturated carbocycles. The van der Waals surface area contributed by atoms with Crippen molar-refractivity contribution in [3.63, 3.8) is 0 Å². The van der Waals surface area contributed by atoms with Gasteiger partial charge in [0, 0.05) is 12.6 Å². The van der Waals surface area contributed by atoms with Crippen LogP contribution in [0.15, 0.2) is 24.3 Å². The molecule has 0 bridgehead atoms. The first-order chi connectivity index (χ1) is 6.27. The molecule has 2 heteroatoms. The van der Waals surface area contributed by atoms with Crippen LogP contribution in [0.25, 0.3) is 0 Å². The summed E-state index contributed by atoms with van der Waals surface area (Å²) in [5.41, 5.74) is 13.8. The maximum Gasteiger partial charge on any atom is 0.0294 e. The third kappa shape index (κ3) is 2.83. The van der Waals surface area contributed by atoms with Crippen molar-refractivity contribution >= 4 is 0 Å². The molecule has 0 heterocycles. The molecule has 4 N–H and O–H groups in total. The van der Waals surface area contributed by atoms with Crippen molar-refractivity contribution in [1.29, 1.82) is 0 Å². The van der Waals surface area contributed by atoms with Crippen LogP contribution < -0.4 is 11.5 Å². The van der Waals surface area contributed by atoms with Gasteiger partial charge in [-0.3, -0.25) is 0 Å². The van der Waals surface area contributed by atoms with E-state index in [0.29, 0.717) is 6.54 Å². The second kappa shape index (κ2) is 5.00. The molecular formula is C11H18N2. The monoisotopic (exact) mass is 178 g/mol. The molecule has 1 atom stereocenters. The molecule has 0 spiro atoms. The first kappa shape index (κ1) is 10.2. The highest BCUT2D eigenvalue weighted by atomic mass is 14.6. The highest BCUT2D eigenvalue weighted by Crippen LogP contribution is 2.15. The largest absolute Gasteiger partial charge is 0.326 e. The van der Waals surface area contributed by atoms with Gasteiger partial charge in [0.25, 0.3) is 0 Å². The van der Waals surface area contributed by atoms with Crippen LogP contribution in [0, 0.1) is 0 Å². The normalized spacial score (nSPS) is 12.8. The Kier molecular flexibility index (Phi) is 3.93. The Balaban J connectivity index is 2.67. The van der Waals surface area contributed by atoms with Crippen molar-refractivity contribution in [1.82, 2.24) is 0 Å². The summed E-state index contributed by atoms with van der Waals surface area (Å²) in [6.45, 7) is 2.75. The lowest BCUT2D eigenvalue weighted by Gasteiger charge is -2.10. The van der Waals surface area contributed by atoms with Crippen molar-refractivity contribution in [2.75, 3.05) is 0 Å². The first-order valence-corrected chi connectivity index (χ1v) is 4.82. The lowest BCUT2D eigenvalue weighted by atomic mass is 10.0. The van der Waals surface area contributed by atoms with E-state index in [2.05, 4.69) is 19.1 Å². The molecule has 0 aliphatic heterocycles. The van der Waals surface area contributed by atoms with Crippen molar-refractivity contribution in [2.45, 2.75) is 32.4 Å². The summed E-state index contributed by atoms with van der Waals surface area (Å²) in [7, 11) is 0. The fourth-order valence-corrected chi connectivity index (χ4v) is 1.38. The van der Waals surface area contributed by atoms with Gasteiger partial charge in [0.2, 0.25) is 0 Å². The zero-order chi connectivity index (χ0) is 9.68. The zero-order valence-corrected chi connectivity index (χ0v) is 8.16. The van der Waals surface area contributed by atoms with Crippen LogP contribution in [-0.4, -0.2) is 0 Å². The van der Waals surface area contributed by atoms with Gasteiger partial charge in [-0.2, -0.15) is 0 Å². The molecule has 0 radical (unpaired) electrons. The minimum Gasteiger partial charge on any atom is -0.326 e. The summed E-state index contributed by atoms with van der Waals surface area (Å²) in [6.07, 6.45) is 2.17. The Morgan fingerprint density at radius 3 is 2.31 bits per heavy atom. The van der Waals surface area contributed by atoms with Crippen LogP contribution in [0.2, 0.25) is 0 Å². The molecule has 0 fully saturated rings. The standard InChI is InChI=1S/C11H18N2/c1-2-3-11(13)10-6-4-9(8-12)5-7-10/h4-7,11H,2-3,8,12-13H2,1H3/t11-/m0/s1. The fraction of sp³-hybridized carbons (Fsp3) is 0.455. The lowest BCUT2D eigenvalue weighted by Crippen LogP contribution is -2.09. The van der Waals surface area contributed by atoms with Crippen LogP contribution in [0.3, 0.4) is 0 Å². The molecule has 2 nitrogen and oxygen atoms in total. The van der Waals surface area contributed by atoms with Crippen molar-refractivity contribution < 1.29 is 0 Å². The van der Waals surface area contributed by atoms with Crippen LogP contribution in [0.5, 0.6) is 0 Å². The van der Waals surface area contributed by atoms with Gasteiger partial charge in [-0.15, -0.1) is 0 Å². The number of hydrogen-bond acceptors (Lipinski definition) is 2. The predicted molar refractivity (Wildman–Crippen MR) is 56.2 cm³/mol. The van der Waals surface area contributed by atoms with E-state index in [1.807, 2.05) is 12.1 Å². The molecule has 1 aromatic carbocycles. The van der Waals surface area contributed by atoms with E-state index in [0.717, 1.165) is 18.4 Å². The third-order valence-electron chi connectivity index (χ3n) is 2.24. The number of rotatable bonds is 4. The molecule has 0 aliphatic carbocycles. The van der Waals surface area contributed by atoms with Gasteiger partial charge in [0.05, 0.1) is 0 Å². The maximum absolute atomic E-state index is 5.97. The van der Waals surface area contributed by atoms with Gasteiger partial charge in [-0.25, -0.2) is 0 Å². The highest BCUT2D eigenvalue weighted by molar-refractivity contribution is 5.24. The number of nitrogens with two attached hydrogens (primary N) is 2. The van der Waals surface area contributed by atoms with Crippen molar-refractivity contribution in [3.05, 3.63) is 35.4 Å². The van der Waals surface area contributed by atoms with Crippen molar-refractivity contribution in [3.8, 4) is 0 Å². The molecule has 0 aromatic heterocycles. The van der Waals surface area contributed by atoms with E-state index in [-0.39, 0.29) is 6.04 Å². The molecule has 1 rings (SSSR count). The quantitative estimate of drug-likeness (QED) is 0.740. The summed E-state index contributed by atoms with van der Waals surface area (Å²) in [6, 6.07) is 8.41. The Morgan fingerprint density at radius 2 is 1.85 bits per heavy atom. The second-order valence-electron chi connectivity index (χ2n) is 3.34. The van der Waals surface area contributed by atoms with E-state index in [4.69, 9.17) is 11.5 Å². The van der Waals surface area contributed by atoms with Gasteiger partial charge < -0.3 is 11.5 Å². The molecule has 1 aromatic rings. The van der Waals surface area contributed by atoms with Gasteiger partial charge in [0.1, 0.15) is 0 Å². The Bertz CT molecular complexity index is 241. The van der Waals surface area contributed by atoms with E-state index in [1.165, 1.54) is 5.56 Å². The van der Waals surface area contributed by atoms with Crippen molar-refractivity contribution in [2.24, 2.45) is 11.5 Å². The molecule has 0 unspecified atom stereocenters. The van der Waals surface area contributed by atoms with E-state index in [9.17, 15) is 0 Å². The zero-order valence-electron chi connectivity index (χ0n) is 8.16. The summed E-state index contributed by atoms with van der Waals surface area (Å²) in [5.74, 6) is 0. The van der Waals surface area contributed by atoms with E-state index < -0.39 is 0 Å². The Morgan fingerprint density at radius 1 is 1.23 bits per heavy atom. The first-order valence-electron chi connectivity index (χ1n) is 4.82. The van der Waals surface area contributed by atoms with Gasteiger partial charge in [0.15, 0.2) is 0 Å². The average Bonchev–Trinajstić information content (AvgIpc) is 2.18. The van der Waals surface area contributed by atoms with Crippen LogP contribution in [0.1, 0.15) is 36.9 Å². The van der Waals surface area contributed by atoms with Gasteiger partial charge >= 0.3 is 0 Å². The summed E-state index contributed by atoms with van der Waals surface area (Å²) >= 11 is 0. The van der Waals surface area contributed by atoms with Crippen LogP contribution >= 0.6 is 0 Å². The fourth-order valence-electron chi connectivity index (χ4n) is 1.38. The molecule has 72 valence electrons. The SMILES string of the molecule is CCC[C@H](N)c1ccc(CN)cc1. The minimum atomic E-state index is 0.178. The highest BCUT2D eigenvalue weighted by Gasteiger charge is 2.03. The third-order valence-corrected chi connectivity index (χ3v) is 2.24. The molecule has 0 saturated heterocycles. The molecule has 0 aliphatic rings. The molecule has 13 heavy (non-hydrogen) atoms. The predicted octanol–water partition coefficient (Wildman–Crippen LogP) is 1.95. The molecular weight excluding hydrogens is 160 g/mol. The number of benzene rings is 1. The maximum atomic E-state index is 5.97. The van der Waals surface area contributed by atoms with Crippen LogP contribution in [0.4, 0.5) is 0 Å². The lowest BCUT2D eigenvalue weighted by molar-refractivity contribution is 0.638. The van der Waals surface area contributed by atoms with Gasteiger partial charge in [-0.1, -0.05) is 37.6 Å². The summed E-state index contributed by atoms with van der Waals surface area (Å²) < 4.78 is 0. The molecule has 0 amide bonds.